The maximum absolute atomic E-state index is 11.5. The number of pyridine rings is 1. The average molecular weight is 323 g/mol. The Kier molecular flexibility index (Phi) is 3.61. The van der Waals surface area contributed by atoms with Gasteiger partial charge in [0.05, 0.1) is 10.5 Å². The van der Waals surface area contributed by atoms with Crippen molar-refractivity contribution in [1.82, 2.24) is 4.98 Å². The number of aromatic amines is 1. The molecule has 3 rings (SSSR count). The fourth-order valence-corrected chi connectivity index (χ4v) is 2.67. The number of nitro benzene ring substituents is 1. The van der Waals surface area contributed by atoms with Crippen LogP contribution in [0.2, 0.25) is 0 Å². The van der Waals surface area contributed by atoms with Gasteiger partial charge in [0.2, 0.25) is 11.5 Å². The second-order valence-corrected chi connectivity index (χ2v) is 5.43. The van der Waals surface area contributed by atoms with Crippen molar-refractivity contribution in [2.45, 2.75) is 6.92 Å². The molecule has 0 unspecified atom stereocenters. The number of rotatable bonds is 3. The molecule has 3 aromatic rings. The molecule has 0 aliphatic heterocycles. The molecule has 0 aliphatic carbocycles. The van der Waals surface area contributed by atoms with Gasteiger partial charge in [0.1, 0.15) is 0 Å². The van der Waals surface area contributed by atoms with E-state index in [-0.39, 0.29) is 16.8 Å². The number of carbonyl (C=O) groups is 1. The van der Waals surface area contributed by atoms with Crippen LogP contribution in [0.15, 0.2) is 47.3 Å². The summed E-state index contributed by atoms with van der Waals surface area (Å²) in [6.45, 7) is 1.80. The number of carbonyl (C=O) groups excluding carboxylic acids is 1. The standard InChI is InChI=1S/C17H13N3O4/c1-9-6-16(21)19-14-5-3-10(7-13(9)14)12-4-2-11(17(18)22)8-15(12)20(23)24/h2-8H,1H3,(H2,18,22)(H,19,21). The molecule has 1 aromatic heterocycles. The van der Waals surface area contributed by atoms with E-state index in [4.69, 9.17) is 5.73 Å². The molecule has 0 atom stereocenters. The van der Waals surface area contributed by atoms with Crippen LogP contribution in [0.5, 0.6) is 0 Å². The van der Waals surface area contributed by atoms with E-state index in [1.807, 2.05) is 0 Å². The zero-order chi connectivity index (χ0) is 17.4. The average Bonchev–Trinajstić information content (AvgIpc) is 2.53. The molecule has 0 saturated heterocycles. The molecule has 24 heavy (non-hydrogen) atoms. The minimum Gasteiger partial charge on any atom is -0.366 e. The number of amides is 1. The van der Waals surface area contributed by atoms with E-state index < -0.39 is 10.8 Å². The number of primary amides is 1. The predicted octanol–water partition coefficient (Wildman–Crippen LogP) is 2.51. The molecule has 7 nitrogen and oxygen atoms in total. The molecular formula is C17H13N3O4. The summed E-state index contributed by atoms with van der Waals surface area (Å²) in [6.07, 6.45) is 0. The largest absolute Gasteiger partial charge is 0.366 e. The summed E-state index contributed by atoms with van der Waals surface area (Å²) in [4.78, 5) is 36.3. The summed E-state index contributed by atoms with van der Waals surface area (Å²) in [5.41, 5.74) is 7.26. The zero-order valence-corrected chi connectivity index (χ0v) is 12.7. The molecule has 0 bridgehead atoms. The van der Waals surface area contributed by atoms with Crippen molar-refractivity contribution in [2.24, 2.45) is 5.73 Å². The topological polar surface area (TPSA) is 119 Å². The van der Waals surface area contributed by atoms with Gasteiger partial charge in [0.25, 0.3) is 5.69 Å². The van der Waals surface area contributed by atoms with Crippen LogP contribution in [0.4, 0.5) is 5.69 Å². The number of aromatic nitrogens is 1. The van der Waals surface area contributed by atoms with Crippen molar-refractivity contribution in [3.8, 4) is 11.1 Å². The molecule has 1 amide bonds. The lowest BCUT2D eigenvalue weighted by molar-refractivity contribution is -0.384. The van der Waals surface area contributed by atoms with Gasteiger partial charge in [-0.15, -0.1) is 0 Å². The maximum Gasteiger partial charge on any atom is 0.277 e. The Morgan fingerprint density at radius 1 is 1.17 bits per heavy atom. The fourth-order valence-electron chi connectivity index (χ4n) is 2.67. The van der Waals surface area contributed by atoms with E-state index in [0.29, 0.717) is 16.6 Å². The molecule has 0 saturated carbocycles. The van der Waals surface area contributed by atoms with Crippen molar-refractivity contribution in [2.75, 3.05) is 0 Å². The van der Waals surface area contributed by atoms with E-state index in [1.54, 1.807) is 25.1 Å². The number of nitrogens with one attached hydrogen (secondary N) is 1. The second kappa shape index (κ2) is 5.62. The molecule has 1 heterocycles. The number of fused-ring (bicyclic) bond motifs is 1. The number of nitro groups is 1. The van der Waals surface area contributed by atoms with Gasteiger partial charge < -0.3 is 10.7 Å². The highest BCUT2D eigenvalue weighted by atomic mass is 16.6. The first-order valence-electron chi connectivity index (χ1n) is 7.09. The lowest BCUT2D eigenvalue weighted by Gasteiger charge is -2.08. The lowest BCUT2D eigenvalue weighted by Crippen LogP contribution is -2.11. The van der Waals surface area contributed by atoms with Gasteiger partial charge in [0, 0.05) is 28.6 Å². The van der Waals surface area contributed by atoms with Crippen LogP contribution in [-0.4, -0.2) is 15.8 Å². The van der Waals surface area contributed by atoms with Crippen molar-refractivity contribution in [1.29, 1.82) is 0 Å². The van der Waals surface area contributed by atoms with E-state index in [9.17, 15) is 19.7 Å². The minimum absolute atomic E-state index is 0.0757. The summed E-state index contributed by atoms with van der Waals surface area (Å²) in [5.74, 6) is -0.725. The van der Waals surface area contributed by atoms with Crippen LogP contribution in [0, 0.1) is 17.0 Å². The second-order valence-electron chi connectivity index (χ2n) is 5.43. The van der Waals surface area contributed by atoms with Crippen LogP contribution in [0.3, 0.4) is 0 Å². The summed E-state index contributed by atoms with van der Waals surface area (Å²) in [6, 6.07) is 10.7. The SMILES string of the molecule is Cc1cc(=O)[nH]c2ccc(-c3ccc(C(N)=O)cc3[N+](=O)[O-])cc12. The van der Waals surface area contributed by atoms with Crippen LogP contribution in [0.1, 0.15) is 15.9 Å². The summed E-state index contributed by atoms with van der Waals surface area (Å²) < 4.78 is 0. The predicted molar refractivity (Wildman–Crippen MR) is 89.9 cm³/mol. The summed E-state index contributed by atoms with van der Waals surface area (Å²) in [5, 5.41) is 12.1. The highest BCUT2D eigenvalue weighted by Crippen LogP contribution is 2.32. The zero-order valence-electron chi connectivity index (χ0n) is 12.7. The highest BCUT2D eigenvalue weighted by molar-refractivity contribution is 5.95. The third-order valence-corrected chi connectivity index (χ3v) is 3.84. The van der Waals surface area contributed by atoms with Gasteiger partial charge in [0.15, 0.2) is 0 Å². The van der Waals surface area contributed by atoms with Gasteiger partial charge in [-0.2, -0.15) is 0 Å². The summed E-state index contributed by atoms with van der Waals surface area (Å²) >= 11 is 0. The smallest absolute Gasteiger partial charge is 0.277 e. The van der Waals surface area contributed by atoms with E-state index in [2.05, 4.69) is 4.98 Å². The highest BCUT2D eigenvalue weighted by Gasteiger charge is 2.18. The van der Waals surface area contributed by atoms with Gasteiger partial charge >= 0.3 is 0 Å². The third-order valence-electron chi connectivity index (χ3n) is 3.84. The van der Waals surface area contributed by atoms with Crippen LogP contribution in [-0.2, 0) is 0 Å². The lowest BCUT2D eigenvalue weighted by atomic mass is 9.98. The van der Waals surface area contributed by atoms with Crippen molar-refractivity contribution in [3.05, 3.63) is 74.1 Å². The molecule has 3 N–H and O–H groups in total. The molecule has 0 spiro atoms. The Labute approximate surface area is 135 Å². The van der Waals surface area contributed by atoms with Crippen LogP contribution < -0.4 is 11.3 Å². The van der Waals surface area contributed by atoms with Crippen LogP contribution in [0.25, 0.3) is 22.0 Å². The van der Waals surface area contributed by atoms with Crippen molar-refractivity contribution in [3.63, 3.8) is 0 Å². The number of nitrogens with two attached hydrogens (primary N) is 1. The molecule has 120 valence electrons. The number of hydrogen-bond donors (Lipinski definition) is 2. The molecule has 0 aliphatic rings. The first-order valence-corrected chi connectivity index (χ1v) is 7.09. The number of benzene rings is 2. The summed E-state index contributed by atoms with van der Waals surface area (Å²) in [7, 11) is 0. The Morgan fingerprint density at radius 2 is 1.92 bits per heavy atom. The first-order chi connectivity index (χ1) is 11.4. The Hall–Kier alpha value is -3.48. The Balaban J connectivity index is 2.25. The van der Waals surface area contributed by atoms with Gasteiger partial charge in [-0.05, 0) is 42.3 Å². The number of H-pyrrole nitrogens is 1. The fraction of sp³-hybridized carbons (Fsp3) is 0.0588. The molecule has 2 aromatic carbocycles. The van der Waals surface area contributed by atoms with Gasteiger partial charge in [-0.1, -0.05) is 6.07 Å². The Morgan fingerprint density at radius 3 is 2.58 bits per heavy atom. The number of aryl methyl sites for hydroxylation is 1. The number of hydrogen-bond acceptors (Lipinski definition) is 4. The number of nitrogens with zero attached hydrogens (tertiary/aromatic N) is 1. The van der Waals surface area contributed by atoms with Gasteiger partial charge in [-0.3, -0.25) is 19.7 Å². The Bertz CT molecular complexity index is 1050. The first kappa shape index (κ1) is 15.4. The normalized spacial score (nSPS) is 10.7. The van der Waals surface area contributed by atoms with E-state index >= 15 is 0 Å². The van der Waals surface area contributed by atoms with Gasteiger partial charge in [-0.25, -0.2) is 0 Å². The molecule has 0 fully saturated rings. The van der Waals surface area contributed by atoms with Crippen molar-refractivity contribution >= 4 is 22.5 Å². The molecular weight excluding hydrogens is 310 g/mol. The van der Waals surface area contributed by atoms with Crippen molar-refractivity contribution < 1.29 is 9.72 Å². The molecule has 0 radical (unpaired) electrons. The van der Waals surface area contributed by atoms with Crippen LogP contribution >= 0.6 is 0 Å². The van der Waals surface area contributed by atoms with E-state index in [0.717, 1.165) is 10.9 Å². The minimum atomic E-state index is -0.725. The third kappa shape index (κ3) is 2.63. The quantitative estimate of drug-likeness (QED) is 0.568. The monoisotopic (exact) mass is 323 g/mol. The maximum atomic E-state index is 11.5. The molecule has 7 heteroatoms. The van der Waals surface area contributed by atoms with E-state index in [1.165, 1.54) is 24.3 Å².